The van der Waals surface area contributed by atoms with E-state index in [1.807, 2.05) is 0 Å². The zero-order valence-corrected chi connectivity index (χ0v) is 35.8. The molecule has 0 fully saturated rings. The number of carbonyl (C=O) groups is 1. The Labute approximate surface area is 326 Å². The van der Waals surface area contributed by atoms with Gasteiger partial charge in [0.1, 0.15) is 6.54 Å². The van der Waals surface area contributed by atoms with Crippen molar-refractivity contribution in [2.24, 2.45) is 0 Å². The van der Waals surface area contributed by atoms with E-state index >= 15 is 0 Å². The molecule has 0 aromatic carbocycles. The SMILES string of the molecule is CCCCCCCCCCCCCCCCCC[N+](C)(CCCNC(=O)CCCCCCCCCCCCCCCCC)CCOCCOCCO. The number of ether oxygens (including phenoxy) is 2. The van der Waals surface area contributed by atoms with Crippen LogP contribution in [0.4, 0.5) is 0 Å². The normalized spacial score (nSPS) is 12.8. The summed E-state index contributed by atoms with van der Waals surface area (Å²) in [5, 5.41) is 12.1. The molecule has 0 aromatic heterocycles. The highest BCUT2D eigenvalue weighted by atomic mass is 16.5. The number of nitrogens with one attached hydrogen (secondary N) is 1. The quantitative estimate of drug-likeness (QED) is 0.0482. The molecule has 52 heavy (non-hydrogen) atoms. The minimum Gasteiger partial charge on any atom is -0.394 e. The first-order valence-electron chi connectivity index (χ1n) is 23.4. The van der Waals surface area contributed by atoms with Crippen molar-refractivity contribution in [2.45, 2.75) is 226 Å². The molecule has 0 aliphatic rings. The lowest BCUT2D eigenvalue weighted by Crippen LogP contribution is -2.48. The standard InChI is InChI=1S/C46H94N2O4/c1-4-6-8-10-12-14-16-18-20-22-24-26-28-30-32-34-38-48(3,40-42-51-44-45-52-43-41-49)39-35-37-47-46(50)36-33-31-29-27-25-23-21-19-17-15-13-11-9-7-5-2/h49H,4-45H2,1-3H3/p+1. The van der Waals surface area contributed by atoms with E-state index in [9.17, 15) is 4.79 Å². The van der Waals surface area contributed by atoms with Crippen LogP contribution in [0.25, 0.3) is 0 Å². The molecule has 0 aliphatic heterocycles. The predicted molar refractivity (Wildman–Crippen MR) is 226 cm³/mol. The van der Waals surface area contributed by atoms with Crippen molar-refractivity contribution in [2.75, 3.05) is 66.3 Å². The van der Waals surface area contributed by atoms with E-state index in [4.69, 9.17) is 14.6 Å². The molecule has 312 valence electrons. The number of hydrogen-bond acceptors (Lipinski definition) is 4. The average Bonchev–Trinajstić information content (AvgIpc) is 3.14. The van der Waals surface area contributed by atoms with Crippen LogP contribution >= 0.6 is 0 Å². The minimum absolute atomic E-state index is 0.0598. The number of hydrogen-bond donors (Lipinski definition) is 2. The summed E-state index contributed by atoms with van der Waals surface area (Å²) in [6.07, 6.45) is 44.4. The molecule has 1 unspecified atom stereocenters. The first-order chi connectivity index (χ1) is 25.6. The first-order valence-corrected chi connectivity index (χ1v) is 23.4. The van der Waals surface area contributed by atoms with Crippen molar-refractivity contribution < 1.29 is 23.9 Å². The Kier molecular flexibility index (Phi) is 42.5. The van der Waals surface area contributed by atoms with Gasteiger partial charge in [0.25, 0.3) is 0 Å². The van der Waals surface area contributed by atoms with Crippen LogP contribution in [-0.2, 0) is 14.3 Å². The van der Waals surface area contributed by atoms with E-state index in [1.54, 1.807) is 0 Å². The number of amides is 1. The Morgan fingerprint density at radius 3 is 1.19 bits per heavy atom. The van der Waals surface area contributed by atoms with Crippen molar-refractivity contribution in [1.82, 2.24) is 5.32 Å². The highest BCUT2D eigenvalue weighted by Gasteiger charge is 2.21. The Morgan fingerprint density at radius 2 is 0.788 bits per heavy atom. The van der Waals surface area contributed by atoms with E-state index in [0.29, 0.717) is 26.2 Å². The molecule has 1 amide bonds. The van der Waals surface area contributed by atoms with E-state index < -0.39 is 0 Å². The highest BCUT2D eigenvalue weighted by molar-refractivity contribution is 5.75. The van der Waals surface area contributed by atoms with Gasteiger partial charge in [-0.2, -0.15) is 0 Å². The molecule has 0 spiro atoms. The molecule has 0 bridgehead atoms. The molecule has 6 heteroatoms. The minimum atomic E-state index is 0.0598. The summed E-state index contributed by atoms with van der Waals surface area (Å²) < 4.78 is 12.2. The molecule has 0 aromatic rings. The molecular formula is C46H95N2O4+. The summed E-state index contributed by atoms with van der Waals surface area (Å²) in [4.78, 5) is 12.5. The van der Waals surface area contributed by atoms with E-state index in [1.165, 1.54) is 199 Å². The lowest BCUT2D eigenvalue weighted by Gasteiger charge is -2.35. The average molecular weight is 740 g/mol. The molecule has 2 N–H and O–H groups in total. The van der Waals surface area contributed by atoms with Crippen molar-refractivity contribution in [3.8, 4) is 0 Å². The van der Waals surface area contributed by atoms with Crippen molar-refractivity contribution in [1.29, 1.82) is 0 Å². The fraction of sp³-hybridized carbons (Fsp3) is 0.978. The lowest BCUT2D eigenvalue weighted by atomic mass is 10.0. The molecule has 0 radical (unpaired) electrons. The molecular weight excluding hydrogens is 645 g/mol. The number of aliphatic hydroxyl groups is 1. The van der Waals surface area contributed by atoms with Gasteiger partial charge < -0.3 is 24.4 Å². The number of quaternary nitrogens is 1. The van der Waals surface area contributed by atoms with Crippen LogP contribution < -0.4 is 5.32 Å². The fourth-order valence-electron chi connectivity index (χ4n) is 7.48. The van der Waals surface area contributed by atoms with Gasteiger partial charge in [-0.1, -0.05) is 194 Å². The third kappa shape index (κ3) is 40.5. The second-order valence-corrected chi connectivity index (χ2v) is 16.4. The molecule has 0 heterocycles. The van der Waals surface area contributed by atoms with Crippen molar-refractivity contribution in [3.05, 3.63) is 0 Å². The summed E-state index contributed by atoms with van der Waals surface area (Å²) in [6, 6.07) is 0. The zero-order valence-electron chi connectivity index (χ0n) is 35.8. The number of carbonyl (C=O) groups excluding carboxylic acids is 1. The van der Waals surface area contributed by atoms with E-state index in [-0.39, 0.29) is 12.5 Å². The van der Waals surface area contributed by atoms with Gasteiger partial charge in [0.2, 0.25) is 5.91 Å². The van der Waals surface area contributed by atoms with Gasteiger partial charge in [-0.3, -0.25) is 4.79 Å². The van der Waals surface area contributed by atoms with E-state index in [0.717, 1.165) is 43.6 Å². The number of aliphatic hydroxyl groups excluding tert-OH is 1. The molecule has 0 saturated carbocycles. The van der Waals surface area contributed by atoms with Crippen LogP contribution in [0.5, 0.6) is 0 Å². The largest absolute Gasteiger partial charge is 0.394 e. The lowest BCUT2D eigenvalue weighted by molar-refractivity contribution is -0.910. The summed E-state index contributed by atoms with van der Waals surface area (Å²) in [6.45, 7) is 10.9. The summed E-state index contributed by atoms with van der Waals surface area (Å²) in [7, 11) is 2.37. The molecule has 0 rings (SSSR count). The predicted octanol–water partition coefficient (Wildman–Crippen LogP) is 12.5. The Balaban J connectivity index is 3.98. The zero-order chi connectivity index (χ0) is 37.9. The van der Waals surface area contributed by atoms with Gasteiger partial charge in [-0.15, -0.1) is 0 Å². The summed E-state index contributed by atoms with van der Waals surface area (Å²) >= 11 is 0. The van der Waals surface area contributed by atoms with E-state index in [2.05, 4.69) is 26.2 Å². The van der Waals surface area contributed by atoms with Crippen LogP contribution in [0.15, 0.2) is 0 Å². The second-order valence-electron chi connectivity index (χ2n) is 16.4. The van der Waals surface area contributed by atoms with Gasteiger partial charge in [-0.25, -0.2) is 0 Å². The van der Waals surface area contributed by atoms with Gasteiger partial charge in [0.15, 0.2) is 0 Å². The Morgan fingerprint density at radius 1 is 0.442 bits per heavy atom. The van der Waals surface area contributed by atoms with Crippen LogP contribution in [0.2, 0.25) is 0 Å². The first kappa shape index (κ1) is 51.3. The van der Waals surface area contributed by atoms with Gasteiger partial charge in [0.05, 0.1) is 53.2 Å². The maximum Gasteiger partial charge on any atom is 0.219 e. The third-order valence-electron chi connectivity index (χ3n) is 11.1. The smallest absolute Gasteiger partial charge is 0.219 e. The molecule has 0 aliphatic carbocycles. The van der Waals surface area contributed by atoms with Crippen molar-refractivity contribution >= 4 is 5.91 Å². The van der Waals surface area contributed by atoms with Gasteiger partial charge in [0, 0.05) is 19.4 Å². The van der Waals surface area contributed by atoms with Gasteiger partial charge in [-0.05, 0) is 19.3 Å². The summed E-state index contributed by atoms with van der Waals surface area (Å²) in [5.41, 5.74) is 0. The number of unbranched alkanes of at least 4 members (excludes halogenated alkanes) is 29. The van der Waals surface area contributed by atoms with Crippen LogP contribution in [0.1, 0.15) is 226 Å². The molecule has 6 nitrogen and oxygen atoms in total. The maximum atomic E-state index is 12.5. The third-order valence-corrected chi connectivity index (χ3v) is 11.1. The number of rotatable bonds is 45. The van der Waals surface area contributed by atoms with Crippen LogP contribution in [0, 0.1) is 0 Å². The van der Waals surface area contributed by atoms with Crippen LogP contribution in [-0.4, -0.2) is 81.8 Å². The molecule has 1 atom stereocenters. The van der Waals surface area contributed by atoms with Crippen LogP contribution in [0.3, 0.4) is 0 Å². The maximum absolute atomic E-state index is 12.5. The van der Waals surface area contributed by atoms with Gasteiger partial charge >= 0.3 is 0 Å². The number of nitrogens with zero attached hydrogens (tertiary/aromatic N) is 1. The monoisotopic (exact) mass is 740 g/mol. The number of likely N-dealkylation sites (N-methyl/N-ethyl adjacent to an activating group) is 1. The molecule has 0 saturated heterocycles. The highest BCUT2D eigenvalue weighted by Crippen LogP contribution is 2.16. The fourth-order valence-corrected chi connectivity index (χ4v) is 7.48. The Hall–Kier alpha value is -0.690. The topological polar surface area (TPSA) is 67.8 Å². The summed E-state index contributed by atoms with van der Waals surface area (Å²) in [5.74, 6) is 0.230. The second kappa shape index (κ2) is 43.0. The van der Waals surface area contributed by atoms with Crippen molar-refractivity contribution in [3.63, 3.8) is 0 Å². The Bertz CT molecular complexity index is 693.